The summed E-state index contributed by atoms with van der Waals surface area (Å²) < 4.78 is 26.6. The van der Waals surface area contributed by atoms with E-state index in [0.717, 1.165) is 50.4 Å². The highest BCUT2D eigenvalue weighted by atomic mass is 19.3. The molecular weight excluding hydrogens is 468 g/mol. The predicted molar refractivity (Wildman–Crippen MR) is 134 cm³/mol. The van der Waals surface area contributed by atoms with Crippen molar-refractivity contribution in [2.75, 3.05) is 34.8 Å². The topological polar surface area (TPSA) is 98.7 Å². The highest BCUT2D eigenvalue weighted by molar-refractivity contribution is 6.05. The fourth-order valence-electron chi connectivity index (χ4n) is 4.67. The van der Waals surface area contributed by atoms with Crippen molar-refractivity contribution in [1.29, 1.82) is 0 Å². The van der Waals surface area contributed by atoms with E-state index in [2.05, 4.69) is 20.2 Å². The summed E-state index contributed by atoms with van der Waals surface area (Å²) in [4.78, 5) is 38.6. The Morgan fingerprint density at radius 3 is 2.86 bits per heavy atom. The number of hydrogen-bond acceptors (Lipinski definition) is 6. The minimum Gasteiger partial charge on any atom is -0.396 e. The Bertz CT molecular complexity index is 1110. The Hall–Kier alpha value is -3.14. The summed E-state index contributed by atoms with van der Waals surface area (Å²) in [6, 6.07) is 6.49. The van der Waals surface area contributed by atoms with Gasteiger partial charge in [-0.05, 0) is 68.4 Å². The van der Waals surface area contributed by atoms with Gasteiger partial charge in [-0.2, -0.15) is 0 Å². The number of Topliss-reactive ketones (excluding diaryl/α,β-unsaturated/α-hetero) is 1. The monoisotopic (exact) mass is 501 g/mol. The molecule has 10 heteroatoms. The molecule has 36 heavy (non-hydrogen) atoms. The average Bonchev–Trinajstić information content (AvgIpc) is 2.85. The molecule has 0 radical (unpaired) electrons. The molecule has 0 unspecified atom stereocenters. The van der Waals surface area contributed by atoms with E-state index < -0.39 is 24.2 Å². The van der Waals surface area contributed by atoms with Gasteiger partial charge in [-0.1, -0.05) is 6.92 Å². The van der Waals surface area contributed by atoms with Gasteiger partial charge in [0.1, 0.15) is 11.5 Å². The van der Waals surface area contributed by atoms with Crippen molar-refractivity contribution in [3.05, 3.63) is 41.7 Å². The lowest BCUT2D eigenvalue weighted by Crippen LogP contribution is -2.56. The van der Waals surface area contributed by atoms with Crippen LogP contribution in [0.5, 0.6) is 0 Å². The first kappa shape index (κ1) is 25.9. The molecule has 2 N–H and O–H groups in total. The first-order chi connectivity index (χ1) is 17.1. The molecule has 0 saturated carbocycles. The Kier molecular flexibility index (Phi) is 7.82. The van der Waals surface area contributed by atoms with Crippen molar-refractivity contribution in [2.45, 2.75) is 64.3 Å². The molecule has 194 valence electrons. The standard InChI is InChI=1S/C26H33F2N5O3/c1-17(16-34)5-6-18-10-12-29-23(14-18)31-25(36)33-19-4-3-13-32(15-19)21-8-7-20(30-24(21)33)22(35)9-11-26(2,27)28/h7-8,10,12,14,17,19,34H,3-6,9,11,13,15-16H2,1-2H3,(H,29,31,36)/t17-,19-/m0/s1. The SMILES string of the molecule is C[C@H](CO)CCc1ccnc(NC(=O)N2c3nc(C(=O)CCC(C)(F)F)ccc3N3CCC[C@H]2C3)c1. The first-order valence-electron chi connectivity index (χ1n) is 12.5. The number of amides is 2. The van der Waals surface area contributed by atoms with E-state index in [1.807, 2.05) is 19.1 Å². The van der Waals surface area contributed by atoms with Gasteiger partial charge >= 0.3 is 6.03 Å². The Morgan fingerprint density at radius 2 is 2.11 bits per heavy atom. The molecule has 4 rings (SSSR count). The van der Waals surface area contributed by atoms with Crippen molar-refractivity contribution in [1.82, 2.24) is 9.97 Å². The number of rotatable bonds is 9. The summed E-state index contributed by atoms with van der Waals surface area (Å²) in [5, 5.41) is 12.1. The second-order valence-electron chi connectivity index (χ2n) is 9.95. The zero-order valence-corrected chi connectivity index (χ0v) is 20.7. The van der Waals surface area contributed by atoms with Gasteiger partial charge in [0, 0.05) is 38.7 Å². The van der Waals surface area contributed by atoms with E-state index in [1.165, 1.54) is 0 Å². The minimum atomic E-state index is -2.93. The van der Waals surface area contributed by atoms with Crippen LogP contribution >= 0.6 is 0 Å². The van der Waals surface area contributed by atoms with Gasteiger partial charge in [0.15, 0.2) is 11.6 Å². The number of aromatic nitrogens is 2. The number of aliphatic hydroxyl groups excluding tert-OH is 1. The van der Waals surface area contributed by atoms with Crippen LogP contribution in [0.15, 0.2) is 30.5 Å². The predicted octanol–water partition coefficient (Wildman–Crippen LogP) is 4.68. The number of halogens is 2. The van der Waals surface area contributed by atoms with Crippen molar-refractivity contribution >= 4 is 29.1 Å². The molecule has 2 aliphatic rings. The number of piperidine rings is 1. The molecule has 0 aromatic carbocycles. The number of aliphatic hydroxyl groups is 1. The van der Waals surface area contributed by atoms with Crippen molar-refractivity contribution in [3.63, 3.8) is 0 Å². The van der Waals surface area contributed by atoms with Crippen molar-refractivity contribution in [2.24, 2.45) is 5.92 Å². The molecular formula is C26H33F2N5O3. The molecule has 8 nitrogen and oxygen atoms in total. The first-order valence-corrected chi connectivity index (χ1v) is 12.5. The number of anilines is 3. The van der Waals surface area contributed by atoms with Crippen LogP contribution in [0.1, 0.15) is 62.0 Å². The molecule has 0 spiro atoms. The number of carbonyl (C=O) groups excluding carboxylic acids is 2. The summed E-state index contributed by atoms with van der Waals surface area (Å²) in [6.07, 6.45) is 4.04. The van der Waals surface area contributed by atoms with Crippen LogP contribution in [-0.2, 0) is 6.42 Å². The normalized spacial score (nSPS) is 18.0. The van der Waals surface area contributed by atoms with Crippen LogP contribution in [0.2, 0.25) is 0 Å². The number of urea groups is 1. The van der Waals surface area contributed by atoms with Crippen LogP contribution in [0.4, 0.5) is 30.9 Å². The van der Waals surface area contributed by atoms with E-state index in [-0.39, 0.29) is 30.7 Å². The van der Waals surface area contributed by atoms with Gasteiger partial charge in [0.2, 0.25) is 5.92 Å². The zero-order chi connectivity index (χ0) is 25.9. The fourth-order valence-corrected chi connectivity index (χ4v) is 4.67. The van der Waals surface area contributed by atoms with Crippen LogP contribution in [0, 0.1) is 5.92 Å². The smallest absolute Gasteiger partial charge is 0.329 e. The van der Waals surface area contributed by atoms with E-state index in [9.17, 15) is 23.5 Å². The number of ketones is 1. The molecule has 4 heterocycles. The summed E-state index contributed by atoms with van der Waals surface area (Å²) in [5.41, 5.74) is 1.83. The molecule has 2 aromatic heterocycles. The number of alkyl halides is 2. The van der Waals surface area contributed by atoms with Gasteiger partial charge in [-0.3, -0.25) is 15.0 Å². The molecule has 0 aliphatic carbocycles. The lowest BCUT2D eigenvalue weighted by Gasteiger charge is -2.45. The molecule has 2 atom stereocenters. The third-order valence-electron chi connectivity index (χ3n) is 6.78. The molecule has 2 bridgehead atoms. The maximum absolute atomic E-state index is 13.5. The maximum Gasteiger partial charge on any atom is 0.329 e. The summed E-state index contributed by atoms with van der Waals surface area (Å²) in [5.74, 6) is -2.45. The lowest BCUT2D eigenvalue weighted by atomic mass is 9.99. The van der Waals surface area contributed by atoms with Crippen LogP contribution in [0.25, 0.3) is 0 Å². The summed E-state index contributed by atoms with van der Waals surface area (Å²) in [7, 11) is 0. The third-order valence-corrected chi connectivity index (χ3v) is 6.78. The van der Waals surface area contributed by atoms with Gasteiger partial charge in [0.25, 0.3) is 0 Å². The largest absolute Gasteiger partial charge is 0.396 e. The van der Waals surface area contributed by atoms with E-state index >= 15 is 0 Å². The Morgan fingerprint density at radius 1 is 1.31 bits per heavy atom. The number of nitrogens with one attached hydrogen (secondary N) is 1. The average molecular weight is 502 g/mol. The third kappa shape index (κ3) is 6.16. The summed E-state index contributed by atoms with van der Waals surface area (Å²) in [6.45, 7) is 4.37. The van der Waals surface area contributed by atoms with E-state index in [4.69, 9.17) is 0 Å². The number of hydrogen-bond donors (Lipinski definition) is 2. The van der Waals surface area contributed by atoms with Crippen molar-refractivity contribution in [3.8, 4) is 0 Å². The number of nitrogens with zero attached hydrogens (tertiary/aromatic N) is 4. The molecule has 2 amide bonds. The number of pyridine rings is 2. The Balaban J connectivity index is 1.56. The zero-order valence-electron chi connectivity index (χ0n) is 20.7. The van der Waals surface area contributed by atoms with E-state index in [0.29, 0.717) is 18.2 Å². The van der Waals surface area contributed by atoms with Crippen LogP contribution in [0.3, 0.4) is 0 Å². The quantitative estimate of drug-likeness (QED) is 0.485. The number of carbonyl (C=O) groups is 2. The fraction of sp³-hybridized carbons (Fsp3) is 0.538. The van der Waals surface area contributed by atoms with Gasteiger partial charge in [0.05, 0.1) is 11.7 Å². The lowest BCUT2D eigenvalue weighted by molar-refractivity contribution is 0.0112. The number of fused-ring (bicyclic) bond motifs is 4. The molecule has 2 aromatic rings. The van der Waals surface area contributed by atoms with Crippen molar-refractivity contribution < 1.29 is 23.5 Å². The second-order valence-corrected chi connectivity index (χ2v) is 9.95. The number of aryl methyl sites for hydroxylation is 1. The Labute approximate surface area is 209 Å². The second kappa shape index (κ2) is 10.9. The van der Waals surface area contributed by atoms with Crippen LogP contribution in [-0.4, -0.2) is 58.5 Å². The molecule has 1 saturated heterocycles. The molecule has 1 fully saturated rings. The van der Waals surface area contributed by atoms with Gasteiger partial charge in [-0.25, -0.2) is 23.5 Å². The summed E-state index contributed by atoms with van der Waals surface area (Å²) >= 11 is 0. The van der Waals surface area contributed by atoms with E-state index in [1.54, 1.807) is 23.2 Å². The molecule has 2 aliphatic heterocycles. The van der Waals surface area contributed by atoms with Gasteiger partial charge < -0.3 is 10.0 Å². The van der Waals surface area contributed by atoms with Gasteiger partial charge in [-0.15, -0.1) is 0 Å². The highest BCUT2D eigenvalue weighted by Gasteiger charge is 2.38. The van der Waals surface area contributed by atoms with Crippen LogP contribution < -0.4 is 15.1 Å². The maximum atomic E-state index is 13.5. The minimum absolute atomic E-state index is 0.0788. The highest BCUT2D eigenvalue weighted by Crippen LogP contribution is 2.38.